The van der Waals surface area contributed by atoms with E-state index in [-0.39, 0.29) is 6.61 Å². The zero-order valence-corrected chi connectivity index (χ0v) is 10.2. The first-order valence-corrected chi connectivity index (χ1v) is 5.91. The molecular weight excluding hydrogens is 200 g/mol. The van der Waals surface area contributed by atoms with Gasteiger partial charge in [0.15, 0.2) is 0 Å². The van der Waals surface area contributed by atoms with Crippen LogP contribution < -0.4 is 10.6 Å². The van der Waals surface area contributed by atoms with Crippen LogP contribution >= 0.6 is 0 Å². The molecule has 3 heteroatoms. The van der Waals surface area contributed by atoms with E-state index in [9.17, 15) is 0 Å². The number of aliphatic hydroxyl groups excluding tert-OH is 1. The molecule has 0 aliphatic rings. The van der Waals surface area contributed by atoms with Crippen molar-refractivity contribution in [1.82, 2.24) is 0 Å². The molecule has 0 saturated heterocycles. The third-order valence-corrected chi connectivity index (χ3v) is 2.74. The smallest absolute Gasteiger partial charge is 0.0630 e. The third-order valence-electron chi connectivity index (χ3n) is 2.74. The van der Waals surface area contributed by atoms with E-state index in [1.807, 2.05) is 12.1 Å². The molecule has 0 radical (unpaired) electrons. The Balaban J connectivity index is 2.90. The van der Waals surface area contributed by atoms with Crippen molar-refractivity contribution in [2.24, 2.45) is 0 Å². The number of rotatable bonds is 6. The van der Waals surface area contributed by atoms with Crippen LogP contribution in [0.5, 0.6) is 0 Å². The lowest BCUT2D eigenvalue weighted by molar-refractivity contribution is 0.301. The van der Waals surface area contributed by atoms with Crippen LogP contribution in [0.4, 0.5) is 11.4 Å². The summed E-state index contributed by atoms with van der Waals surface area (Å²) in [7, 11) is 0. The number of benzene rings is 1. The van der Waals surface area contributed by atoms with Gasteiger partial charge in [-0.3, -0.25) is 0 Å². The number of anilines is 2. The standard InChI is InChI=1S/C13H22N2O/c1-3-4-8-15(9-10-16)13-11(2)6-5-7-12(13)14/h5-7,16H,3-4,8-10,14H2,1-2H3. The van der Waals surface area contributed by atoms with E-state index in [4.69, 9.17) is 10.8 Å². The number of aryl methyl sites for hydroxylation is 1. The Bertz CT molecular complexity index is 305. The lowest BCUT2D eigenvalue weighted by Gasteiger charge is -2.27. The molecule has 0 aliphatic carbocycles. The molecule has 0 saturated carbocycles. The van der Waals surface area contributed by atoms with Gasteiger partial charge in [0, 0.05) is 13.1 Å². The molecule has 0 amide bonds. The Morgan fingerprint density at radius 3 is 2.62 bits per heavy atom. The van der Waals surface area contributed by atoms with Crippen molar-refractivity contribution in [1.29, 1.82) is 0 Å². The van der Waals surface area contributed by atoms with Gasteiger partial charge in [-0.05, 0) is 25.0 Å². The molecule has 3 N–H and O–H groups in total. The number of para-hydroxylation sites is 1. The highest BCUT2D eigenvalue weighted by Gasteiger charge is 2.11. The summed E-state index contributed by atoms with van der Waals surface area (Å²) >= 11 is 0. The van der Waals surface area contributed by atoms with Gasteiger partial charge in [-0.2, -0.15) is 0 Å². The predicted octanol–water partition coefficient (Wildman–Crippen LogP) is 2.18. The number of nitrogen functional groups attached to an aromatic ring is 1. The summed E-state index contributed by atoms with van der Waals surface area (Å²) in [6.07, 6.45) is 2.27. The first-order valence-electron chi connectivity index (χ1n) is 5.91. The van der Waals surface area contributed by atoms with E-state index in [1.54, 1.807) is 0 Å². The summed E-state index contributed by atoms with van der Waals surface area (Å²) in [5.41, 5.74) is 9.04. The van der Waals surface area contributed by atoms with Crippen molar-refractivity contribution in [3.8, 4) is 0 Å². The van der Waals surface area contributed by atoms with Crippen molar-refractivity contribution in [2.75, 3.05) is 30.3 Å². The lowest BCUT2D eigenvalue weighted by atomic mass is 10.1. The summed E-state index contributed by atoms with van der Waals surface area (Å²) in [5.74, 6) is 0. The molecule has 0 fully saturated rings. The molecule has 0 spiro atoms. The maximum atomic E-state index is 9.10. The van der Waals surface area contributed by atoms with Gasteiger partial charge in [-0.15, -0.1) is 0 Å². The molecule has 3 nitrogen and oxygen atoms in total. The van der Waals surface area contributed by atoms with E-state index in [0.29, 0.717) is 6.54 Å². The highest BCUT2D eigenvalue weighted by atomic mass is 16.3. The van der Waals surface area contributed by atoms with Gasteiger partial charge in [0.2, 0.25) is 0 Å². The zero-order valence-electron chi connectivity index (χ0n) is 10.2. The van der Waals surface area contributed by atoms with E-state index in [1.165, 1.54) is 5.56 Å². The summed E-state index contributed by atoms with van der Waals surface area (Å²) in [6, 6.07) is 5.94. The van der Waals surface area contributed by atoms with Gasteiger partial charge in [0.25, 0.3) is 0 Å². The average molecular weight is 222 g/mol. The van der Waals surface area contributed by atoms with Crippen molar-refractivity contribution in [3.05, 3.63) is 23.8 Å². The minimum Gasteiger partial charge on any atom is -0.397 e. The molecule has 0 bridgehead atoms. The van der Waals surface area contributed by atoms with Crippen LogP contribution in [0.2, 0.25) is 0 Å². The number of nitrogens with zero attached hydrogens (tertiary/aromatic N) is 1. The highest BCUT2D eigenvalue weighted by Crippen LogP contribution is 2.27. The van der Waals surface area contributed by atoms with E-state index >= 15 is 0 Å². The van der Waals surface area contributed by atoms with Crippen molar-refractivity contribution < 1.29 is 5.11 Å². The van der Waals surface area contributed by atoms with Crippen LogP contribution in [0.25, 0.3) is 0 Å². The maximum absolute atomic E-state index is 9.10. The first kappa shape index (κ1) is 12.8. The monoisotopic (exact) mass is 222 g/mol. The molecule has 0 unspecified atom stereocenters. The van der Waals surface area contributed by atoms with E-state index < -0.39 is 0 Å². The molecule has 0 aromatic heterocycles. The number of hydrogen-bond donors (Lipinski definition) is 2. The van der Waals surface area contributed by atoms with Crippen LogP contribution in [0.15, 0.2) is 18.2 Å². The summed E-state index contributed by atoms with van der Waals surface area (Å²) in [4.78, 5) is 2.17. The Morgan fingerprint density at radius 2 is 2.06 bits per heavy atom. The van der Waals surface area contributed by atoms with Gasteiger partial charge in [-0.25, -0.2) is 0 Å². The molecule has 90 valence electrons. The minimum atomic E-state index is 0.164. The zero-order chi connectivity index (χ0) is 12.0. The Morgan fingerprint density at radius 1 is 1.31 bits per heavy atom. The molecular formula is C13H22N2O. The molecule has 0 heterocycles. The van der Waals surface area contributed by atoms with E-state index in [0.717, 1.165) is 30.8 Å². The molecule has 1 aromatic rings. The van der Waals surface area contributed by atoms with Gasteiger partial charge < -0.3 is 15.7 Å². The van der Waals surface area contributed by atoms with Gasteiger partial charge >= 0.3 is 0 Å². The van der Waals surface area contributed by atoms with Gasteiger partial charge in [0.05, 0.1) is 18.0 Å². The Kier molecular flexibility index (Phi) is 5.12. The van der Waals surface area contributed by atoms with Crippen LogP contribution in [-0.4, -0.2) is 24.8 Å². The summed E-state index contributed by atoms with van der Waals surface area (Å²) in [6.45, 7) is 5.99. The Hall–Kier alpha value is -1.22. The Labute approximate surface area is 97.9 Å². The van der Waals surface area contributed by atoms with Gasteiger partial charge in [-0.1, -0.05) is 25.5 Å². The average Bonchev–Trinajstić information content (AvgIpc) is 2.25. The molecule has 1 aromatic carbocycles. The first-order chi connectivity index (χ1) is 7.70. The van der Waals surface area contributed by atoms with Gasteiger partial charge in [0.1, 0.15) is 0 Å². The lowest BCUT2D eigenvalue weighted by Crippen LogP contribution is -2.29. The predicted molar refractivity (Wildman–Crippen MR) is 69.8 cm³/mol. The van der Waals surface area contributed by atoms with Crippen LogP contribution in [0.1, 0.15) is 25.3 Å². The molecule has 0 atom stereocenters. The normalized spacial score (nSPS) is 10.4. The van der Waals surface area contributed by atoms with Crippen molar-refractivity contribution >= 4 is 11.4 Å². The quantitative estimate of drug-likeness (QED) is 0.725. The number of nitrogens with two attached hydrogens (primary N) is 1. The molecule has 1 rings (SSSR count). The maximum Gasteiger partial charge on any atom is 0.0630 e. The SMILES string of the molecule is CCCCN(CCO)c1c(C)cccc1N. The van der Waals surface area contributed by atoms with Crippen LogP contribution in [0.3, 0.4) is 0 Å². The number of unbranched alkanes of at least 4 members (excludes halogenated alkanes) is 1. The molecule has 0 aliphatic heterocycles. The largest absolute Gasteiger partial charge is 0.397 e. The fourth-order valence-corrected chi connectivity index (χ4v) is 1.92. The fourth-order valence-electron chi connectivity index (χ4n) is 1.92. The third kappa shape index (κ3) is 3.14. The topological polar surface area (TPSA) is 49.5 Å². The van der Waals surface area contributed by atoms with Crippen molar-refractivity contribution in [3.63, 3.8) is 0 Å². The van der Waals surface area contributed by atoms with Crippen molar-refractivity contribution in [2.45, 2.75) is 26.7 Å². The second-order valence-electron chi connectivity index (χ2n) is 4.08. The van der Waals surface area contributed by atoms with Crippen LogP contribution in [-0.2, 0) is 0 Å². The summed E-state index contributed by atoms with van der Waals surface area (Å²) < 4.78 is 0. The fraction of sp³-hybridized carbons (Fsp3) is 0.538. The molecule has 16 heavy (non-hydrogen) atoms. The second kappa shape index (κ2) is 6.38. The second-order valence-corrected chi connectivity index (χ2v) is 4.08. The number of aliphatic hydroxyl groups is 1. The highest BCUT2D eigenvalue weighted by molar-refractivity contribution is 5.71. The van der Waals surface area contributed by atoms with Crippen LogP contribution in [0, 0.1) is 6.92 Å². The minimum absolute atomic E-state index is 0.164. The number of hydrogen-bond acceptors (Lipinski definition) is 3. The van der Waals surface area contributed by atoms with E-state index in [2.05, 4.69) is 24.8 Å². The summed E-state index contributed by atoms with van der Waals surface area (Å²) in [5, 5.41) is 9.10.